The lowest BCUT2D eigenvalue weighted by atomic mass is 10.1. The van der Waals surface area contributed by atoms with Gasteiger partial charge in [0.1, 0.15) is 6.04 Å². The average molecular weight is 298 g/mol. The Kier molecular flexibility index (Phi) is 5.17. The second-order valence-corrected chi connectivity index (χ2v) is 5.45. The van der Waals surface area contributed by atoms with E-state index in [2.05, 4.69) is 0 Å². The molecule has 0 N–H and O–H groups in total. The first-order valence-corrected chi connectivity index (χ1v) is 7.23. The van der Waals surface area contributed by atoms with Crippen LogP contribution in [-0.4, -0.2) is 74.1 Å². The molecule has 2 amide bonds. The van der Waals surface area contributed by atoms with Gasteiger partial charge in [-0.3, -0.25) is 9.59 Å². The van der Waals surface area contributed by atoms with Crippen molar-refractivity contribution < 1.29 is 23.9 Å². The molecule has 0 aliphatic carbocycles. The van der Waals surface area contributed by atoms with Crippen molar-refractivity contribution in [1.82, 2.24) is 9.80 Å². The van der Waals surface area contributed by atoms with Gasteiger partial charge >= 0.3 is 5.97 Å². The lowest BCUT2D eigenvalue weighted by Gasteiger charge is -2.25. The summed E-state index contributed by atoms with van der Waals surface area (Å²) in [6.07, 6.45) is 1.64. The van der Waals surface area contributed by atoms with E-state index in [0.717, 1.165) is 6.42 Å². The number of likely N-dealkylation sites (tertiary alicyclic amines) is 2. The number of carbonyl (C=O) groups is 3. The largest absolute Gasteiger partial charge is 0.467 e. The molecule has 0 aromatic rings. The Labute approximate surface area is 124 Å². The third kappa shape index (κ3) is 3.34. The van der Waals surface area contributed by atoms with Crippen molar-refractivity contribution in [2.75, 3.05) is 40.5 Å². The molecule has 7 heteroatoms. The molecule has 21 heavy (non-hydrogen) atoms. The molecule has 2 rings (SSSR count). The number of hydrogen-bond donors (Lipinski definition) is 0. The van der Waals surface area contributed by atoms with E-state index in [1.807, 2.05) is 0 Å². The van der Waals surface area contributed by atoms with E-state index >= 15 is 0 Å². The Bertz CT molecular complexity index is 426. The Balaban J connectivity index is 1.97. The second kappa shape index (κ2) is 6.89. The highest BCUT2D eigenvalue weighted by Crippen LogP contribution is 2.25. The Morgan fingerprint density at radius 1 is 1.33 bits per heavy atom. The van der Waals surface area contributed by atoms with Gasteiger partial charge in [0, 0.05) is 33.2 Å². The van der Waals surface area contributed by atoms with Crippen LogP contribution >= 0.6 is 0 Å². The summed E-state index contributed by atoms with van der Waals surface area (Å²) in [7, 11) is 2.91. The molecule has 0 radical (unpaired) electrons. The van der Waals surface area contributed by atoms with Gasteiger partial charge in [0.2, 0.25) is 11.8 Å². The molecule has 2 atom stereocenters. The first-order chi connectivity index (χ1) is 10.1. The molecule has 0 aromatic heterocycles. The van der Waals surface area contributed by atoms with Crippen molar-refractivity contribution >= 4 is 17.8 Å². The number of ether oxygens (including phenoxy) is 2. The lowest BCUT2D eigenvalue weighted by Crippen LogP contribution is -2.44. The smallest absolute Gasteiger partial charge is 0.328 e. The summed E-state index contributed by atoms with van der Waals surface area (Å²) in [6.45, 7) is 1.92. The lowest BCUT2D eigenvalue weighted by molar-refractivity contribution is -0.152. The molecule has 2 unspecified atom stereocenters. The van der Waals surface area contributed by atoms with Crippen molar-refractivity contribution in [2.45, 2.75) is 25.3 Å². The van der Waals surface area contributed by atoms with Gasteiger partial charge in [0.05, 0.1) is 19.6 Å². The molecule has 0 bridgehead atoms. The molecule has 2 aliphatic heterocycles. The number of methoxy groups -OCH3 is 2. The van der Waals surface area contributed by atoms with Crippen LogP contribution in [0.3, 0.4) is 0 Å². The van der Waals surface area contributed by atoms with Gasteiger partial charge in [-0.2, -0.15) is 0 Å². The normalized spacial score (nSPS) is 25.5. The van der Waals surface area contributed by atoms with Crippen LogP contribution < -0.4 is 0 Å². The van der Waals surface area contributed by atoms with Gasteiger partial charge in [-0.25, -0.2) is 4.79 Å². The summed E-state index contributed by atoms with van der Waals surface area (Å²) in [5.41, 5.74) is 0. The molecular weight excluding hydrogens is 276 g/mol. The SMILES string of the molecule is COCCN1CC(C(=O)N2CCCC2C(=O)OC)CC1=O. The zero-order valence-corrected chi connectivity index (χ0v) is 12.5. The second-order valence-electron chi connectivity index (χ2n) is 5.45. The van der Waals surface area contributed by atoms with Crippen LogP contribution in [0.15, 0.2) is 0 Å². The number of rotatable bonds is 5. The number of nitrogens with zero attached hydrogens (tertiary/aromatic N) is 2. The molecule has 7 nitrogen and oxygen atoms in total. The van der Waals surface area contributed by atoms with Gasteiger partial charge in [0.15, 0.2) is 0 Å². The minimum Gasteiger partial charge on any atom is -0.467 e. The maximum atomic E-state index is 12.6. The van der Waals surface area contributed by atoms with Crippen LogP contribution in [0.4, 0.5) is 0 Å². The van der Waals surface area contributed by atoms with Gasteiger partial charge < -0.3 is 19.3 Å². The summed E-state index contributed by atoms with van der Waals surface area (Å²) in [5.74, 6) is -0.878. The van der Waals surface area contributed by atoms with Crippen LogP contribution in [0.2, 0.25) is 0 Å². The minimum atomic E-state index is -0.495. The summed E-state index contributed by atoms with van der Waals surface area (Å²) in [5, 5.41) is 0. The average Bonchev–Trinajstić information content (AvgIpc) is 3.10. The predicted molar refractivity (Wildman–Crippen MR) is 73.3 cm³/mol. The number of hydrogen-bond acceptors (Lipinski definition) is 5. The topological polar surface area (TPSA) is 76.2 Å². The third-order valence-electron chi connectivity index (χ3n) is 4.14. The van der Waals surface area contributed by atoms with E-state index in [9.17, 15) is 14.4 Å². The van der Waals surface area contributed by atoms with Crippen molar-refractivity contribution in [1.29, 1.82) is 0 Å². The standard InChI is InChI=1S/C14H22N2O5/c1-20-7-6-15-9-10(8-12(15)17)13(18)16-5-3-4-11(16)14(19)21-2/h10-11H,3-9H2,1-2H3. The monoisotopic (exact) mass is 298 g/mol. The van der Waals surface area contributed by atoms with E-state index in [4.69, 9.17) is 9.47 Å². The summed E-state index contributed by atoms with van der Waals surface area (Å²) in [4.78, 5) is 39.4. The molecule has 118 valence electrons. The zero-order valence-electron chi connectivity index (χ0n) is 12.5. The number of amides is 2. The zero-order chi connectivity index (χ0) is 15.4. The first-order valence-electron chi connectivity index (χ1n) is 7.23. The van der Waals surface area contributed by atoms with Crippen molar-refractivity contribution in [3.63, 3.8) is 0 Å². The van der Waals surface area contributed by atoms with Crippen LogP contribution in [-0.2, 0) is 23.9 Å². The van der Waals surface area contributed by atoms with Crippen LogP contribution in [0.25, 0.3) is 0 Å². The number of esters is 1. The van der Waals surface area contributed by atoms with Crippen molar-refractivity contribution in [2.24, 2.45) is 5.92 Å². The fourth-order valence-corrected chi connectivity index (χ4v) is 3.00. The molecular formula is C14H22N2O5. The molecule has 2 fully saturated rings. The molecule has 0 aromatic carbocycles. The van der Waals surface area contributed by atoms with Crippen LogP contribution in [0, 0.1) is 5.92 Å². The molecule has 2 heterocycles. The number of carbonyl (C=O) groups excluding carboxylic acids is 3. The molecule has 2 saturated heterocycles. The maximum absolute atomic E-state index is 12.6. The molecule has 2 aliphatic rings. The van der Waals surface area contributed by atoms with Gasteiger partial charge in [-0.15, -0.1) is 0 Å². The highest BCUT2D eigenvalue weighted by atomic mass is 16.5. The summed E-state index contributed by atoms with van der Waals surface area (Å²) >= 11 is 0. The Morgan fingerprint density at radius 3 is 2.76 bits per heavy atom. The first kappa shape index (κ1) is 15.8. The van der Waals surface area contributed by atoms with E-state index in [0.29, 0.717) is 32.7 Å². The Hall–Kier alpha value is -1.63. The maximum Gasteiger partial charge on any atom is 0.328 e. The van der Waals surface area contributed by atoms with Crippen LogP contribution in [0.5, 0.6) is 0 Å². The van der Waals surface area contributed by atoms with Crippen molar-refractivity contribution in [3.05, 3.63) is 0 Å². The highest BCUT2D eigenvalue weighted by molar-refractivity contribution is 5.92. The van der Waals surface area contributed by atoms with Gasteiger partial charge in [-0.1, -0.05) is 0 Å². The molecule has 0 saturated carbocycles. The summed E-state index contributed by atoms with van der Waals surface area (Å²) in [6, 6.07) is -0.495. The fourth-order valence-electron chi connectivity index (χ4n) is 3.00. The van der Waals surface area contributed by atoms with Crippen molar-refractivity contribution in [3.8, 4) is 0 Å². The van der Waals surface area contributed by atoms with Gasteiger partial charge in [0.25, 0.3) is 0 Å². The predicted octanol–water partition coefficient (Wildman–Crippen LogP) is -0.355. The van der Waals surface area contributed by atoms with Crippen LogP contribution in [0.1, 0.15) is 19.3 Å². The van der Waals surface area contributed by atoms with E-state index < -0.39 is 6.04 Å². The fraction of sp³-hybridized carbons (Fsp3) is 0.786. The van der Waals surface area contributed by atoms with E-state index in [-0.39, 0.29) is 30.1 Å². The highest BCUT2D eigenvalue weighted by Gasteiger charge is 2.41. The Morgan fingerprint density at radius 2 is 2.10 bits per heavy atom. The van der Waals surface area contributed by atoms with E-state index in [1.165, 1.54) is 7.11 Å². The van der Waals surface area contributed by atoms with Gasteiger partial charge in [-0.05, 0) is 12.8 Å². The third-order valence-corrected chi connectivity index (χ3v) is 4.14. The van der Waals surface area contributed by atoms with E-state index in [1.54, 1.807) is 16.9 Å². The summed E-state index contributed by atoms with van der Waals surface area (Å²) < 4.78 is 9.71. The quantitative estimate of drug-likeness (QED) is 0.648. The minimum absolute atomic E-state index is 0.0285. The molecule has 0 spiro atoms.